The van der Waals surface area contributed by atoms with Gasteiger partial charge in [-0.25, -0.2) is 4.98 Å². The quantitative estimate of drug-likeness (QED) is 0.784. The van der Waals surface area contributed by atoms with Crippen LogP contribution in [0.15, 0.2) is 54.6 Å². The molecule has 0 spiro atoms. The monoisotopic (exact) mass is 346 g/mol. The van der Waals surface area contributed by atoms with Crippen LogP contribution in [0.1, 0.15) is 18.1 Å². The summed E-state index contributed by atoms with van der Waals surface area (Å²) >= 11 is 0. The summed E-state index contributed by atoms with van der Waals surface area (Å²) in [4.78, 5) is 9.79. The number of anilines is 2. The van der Waals surface area contributed by atoms with Crippen LogP contribution >= 0.6 is 0 Å². The maximum Gasteiger partial charge on any atom is 0.133 e. The highest BCUT2D eigenvalue weighted by molar-refractivity contribution is 5.82. The first kappa shape index (κ1) is 16.9. The van der Waals surface area contributed by atoms with Crippen LogP contribution < -0.4 is 15.5 Å². The van der Waals surface area contributed by atoms with Crippen LogP contribution in [-0.4, -0.2) is 31.2 Å². The van der Waals surface area contributed by atoms with Gasteiger partial charge in [0.1, 0.15) is 5.82 Å². The zero-order chi connectivity index (χ0) is 17.9. The highest BCUT2D eigenvalue weighted by Crippen LogP contribution is 2.26. The topological polar surface area (TPSA) is 45.4 Å². The number of rotatable bonds is 4. The standard InChI is InChI=1S/C22H26N4/c1-2-17-8-9-21-18(14-17)15-19(16-23)22(24-21)26-12-10-25(11-13-26)20-6-4-3-5-7-20/h3-9,14-15H,2,10-13,16,23H2,1H3. The van der Waals surface area contributed by atoms with Crippen LogP contribution in [0.3, 0.4) is 0 Å². The maximum atomic E-state index is 6.06. The van der Waals surface area contributed by atoms with Gasteiger partial charge in [-0.3, -0.25) is 0 Å². The number of aryl methyl sites for hydroxylation is 1. The average molecular weight is 346 g/mol. The fraction of sp³-hybridized carbons (Fsp3) is 0.318. The minimum Gasteiger partial charge on any atom is -0.368 e. The van der Waals surface area contributed by atoms with E-state index in [2.05, 4.69) is 71.3 Å². The van der Waals surface area contributed by atoms with E-state index in [9.17, 15) is 0 Å². The molecule has 2 aromatic carbocycles. The molecule has 1 fully saturated rings. The van der Waals surface area contributed by atoms with Crippen molar-refractivity contribution in [3.05, 3.63) is 65.7 Å². The second-order valence-electron chi connectivity index (χ2n) is 6.87. The third kappa shape index (κ3) is 3.25. The summed E-state index contributed by atoms with van der Waals surface area (Å²) in [6.45, 7) is 6.64. The molecule has 26 heavy (non-hydrogen) atoms. The summed E-state index contributed by atoms with van der Waals surface area (Å²) in [5, 5.41) is 1.19. The fourth-order valence-corrected chi connectivity index (χ4v) is 3.72. The number of aromatic nitrogens is 1. The molecule has 2 N–H and O–H groups in total. The summed E-state index contributed by atoms with van der Waals surface area (Å²) in [5.41, 5.74) is 10.9. The number of nitrogens with zero attached hydrogens (tertiary/aromatic N) is 3. The van der Waals surface area contributed by atoms with E-state index in [1.54, 1.807) is 0 Å². The number of para-hydroxylation sites is 1. The van der Waals surface area contributed by atoms with E-state index >= 15 is 0 Å². The number of piperazine rings is 1. The first-order valence-electron chi connectivity index (χ1n) is 9.46. The van der Waals surface area contributed by atoms with E-state index in [4.69, 9.17) is 10.7 Å². The molecule has 1 aromatic heterocycles. The molecule has 4 nitrogen and oxygen atoms in total. The SMILES string of the molecule is CCc1ccc2nc(N3CCN(c4ccccc4)CC3)c(CN)cc2c1. The van der Waals surface area contributed by atoms with Crippen molar-refractivity contribution in [1.82, 2.24) is 4.98 Å². The second kappa shape index (κ2) is 7.34. The van der Waals surface area contributed by atoms with Gasteiger partial charge in [0.25, 0.3) is 0 Å². The Morgan fingerprint density at radius 1 is 0.923 bits per heavy atom. The van der Waals surface area contributed by atoms with Gasteiger partial charge in [0.05, 0.1) is 5.52 Å². The van der Waals surface area contributed by atoms with E-state index in [1.807, 2.05) is 0 Å². The molecule has 1 saturated heterocycles. The summed E-state index contributed by atoms with van der Waals surface area (Å²) in [6, 6.07) is 19.4. The molecule has 0 amide bonds. The largest absolute Gasteiger partial charge is 0.368 e. The molecule has 1 aliphatic rings. The molecule has 134 valence electrons. The van der Waals surface area contributed by atoms with E-state index in [-0.39, 0.29) is 0 Å². The minimum atomic E-state index is 0.521. The Morgan fingerprint density at radius 2 is 1.65 bits per heavy atom. The van der Waals surface area contributed by atoms with Gasteiger partial charge in [0.15, 0.2) is 0 Å². The fourth-order valence-electron chi connectivity index (χ4n) is 3.72. The van der Waals surface area contributed by atoms with E-state index in [1.165, 1.54) is 16.6 Å². The lowest BCUT2D eigenvalue weighted by atomic mass is 10.1. The molecular weight excluding hydrogens is 320 g/mol. The summed E-state index contributed by atoms with van der Waals surface area (Å²) in [7, 11) is 0. The van der Waals surface area contributed by atoms with Crippen molar-refractivity contribution >= 4 is 22.4 Å². The first-order chi connectivity index (χ1) is 12.8. The van der Waals surface area contributed by atoms with Crippen LogP contribution in [-0.2, 0) is 13.0 Å². The van der Waals surface area contributed by atoms with E-state index < -0.39 is 0 Å². The molecule has 3 aromatic rings. The third-order valence-electron chi connectivity index (χ3n) is 5.26. The van der Waals surface area contributed by atoms with E-state index in [0.717, 1.165) is 49.5 Å². The van der Waals surface area contributed by atoms with Gasteiger partial charge in [0.2, 0.25) is 0 Å². The van der Waals surface area contributed by atoms with Crippen molar-refractivity contribution < 1.29 is 0 Å². The molecule has 0 saturated carbocycles. The molecule has 4 heteroatoms. The number of nitrogens with two attached hydrogens (primary N) is 1. The van der Waals surface area contributed by atoms with Crippen molar-refractivity contribution in [2.45, 2.75) is 19.9 Å². The van der Waals surface area contributed by atoms with Crippen LogP contribution in [0, 0.1) is 0 Å². The summed E-state index contributed by atoms with van der Waals surface area (Å²) in [5.74, 6) is 1.05. The molecule has 0 atom stereocenters. The molecule has 1 aliphatic heterocycles. The molecule has 0 unspecified atom stereocenters. The Bertz CT molecular complexity index is 883. The zero-order valence-corrected chi connectivity index (χ0v) is 15.4. The van der Waals surface area contributed by atoms with Crippen LogP contribution in [0.2, 0.25) is 0 Å². The van der Waals surface area contributed by atoms with E-state index in [0.29, 0.717) is 6.54 Å². The normalized spacial score (nSPS) is 14.8. The average Bonchev–Trinajstić information content (AvgIpc) is 2.73. The summed E-state index contributed by atoms with van der Waals surface area (Å²) in [6.07, 6.45) is 1.04. The Hall–Kier alpha value is -2.59. The van der Waals surface area contributed by atoms with Crippen molar-refractivity contribution in [3.8, 4) is 0 Å². The second-order valence-corrected chi connectivity index (χ2v) is 6.87. The maximum absolute atomic E-state index is 6.06. The smallest absolute Gasteiger partial charge is 0.133 e. The van der Waals surface area contributed by atoms with Gasteiger partial charge < -0.3 is 15.5 Å². The predicted molar refractivity (Wildman–Crippen MR) is 110 cm³/mol. The van der Waals surface area contributed by atoms with Crippen molar-refractivity contribution in [1.29, 1.82) is 0 Å². The molecule has 2 heterocycles. The number of pyridine rings is 1. The van der Waals surface area contributed by atoms with Gasteiger partial charge in [0, 0.05) is 49.4 Å². The van der Waals surface area contributed by atoms with Crippen LogP contribution in [0.4, 0.5) is 11.5 Å². The Labute approximate surface area is 155 Å². The number of benzene rings is 2. The molecular formula is C22H26N4. The lowest BCUT2D eigenvalue weighted by Crippen LogP contribution is -2.47. The van der Waals surface area contributed by atoms with Gasteiger partial charge in [-0.05, 0) is 42.3 Å². The Balaban J connectivity index is 1.58. The van der Waals surface area contributed by atoms with Crippen LogP contribution in [0.25, 0.3) is 10.9 Å². The minimum absolute atomic E-state index is 0.521. The molecule has 4 rings (SSSR count). The van der Waals surface area contributed by atoms with Crippen molar-refractivity contribution in [3.63, 3.8) is 0 Å². The number of hydrogen-bond donors (Lipinski definition) is 1. The Morgan fingerprint density at radius 3 is 2.35 bits per heavy atom. The van der Waals surface area contributed by atoms with Gasteiger partial charge in [-0.2, -0.15) is 0 Å². The van der Waals surface area contributed by atoms with Gasteiger partial charge in [-0.1, -0.05) is 31.2 Å². The number of fused-ring (bicyclic) bond motifs is 1. The molecule has 0 radical (unpaired) electrons. The third-order valence-corrected chi connectivity index (χ3v) is 5.26. The predicted octanol–water partition coefficient (Wildman–Crippen LogP) is 3.58. The first-order valence-corrected chi connectivity index (χ1v) is 9.46. The highest BCUT2D eigenvalue weighted by Gasteiger charge is 2.20. The zero-order valence-electron chi connectivity index (χ0n) is 15.4. The van der Waals surface area contributed by atoms with Crippen LogP contribution in [0.5, 0.6) is 0 Å². The van der Waals surface area contributed by atoms with Crippen molar-refractivity contribution in [2.24, 2.45) is 5.73 Å². The molecule has 0 aliphatic carbocycles. The highest BCUT2D eigenvalue weighted by atomic mass is 15.3. The van der Waals surface area contributed by atoms with Gasteiger partial charge >= 0.3 is 0 Å². The van der Waals surface area contributed by atoms with Gasteiger partial charge in [-0.15, -0.1) is 0 Å². The lowest BCUT2D eigenvalue weighted by molar-refractivity contribution is 0.645. The number of hydrogen-bond acceptors (Lipinski definition) is 4. The lowest BCUT2D eigenvalue weighted by Gasteiger charge is -2.37. The molecule has 0 bridgehead atoms. The van der Waals surface area contributed by atoms with Crippen molar-refractivity contribution in [2.75, 3.05) is 36.0 Å². The Kier molecular flexibility index (Phi) is 4.76. The summed E-state index contributed by atoms with van der Waals surface area (Å²) < 4.78 is 0.